The van der Waals surface area contributed by atoms with Crippen molar-refractivity contribution in [3.8, 4) is 0 Å². The van der Waals surface area contributed by atoms with Crippen LogP contribution in [0.25, 0.3) is 0 Å². The van der Waals surface area contributed by atoms with Gasteiger partial charge >= 0.3 is 0 Å². The Bertz CT molecular complexity index is 1000. The molecule has 3 rings (SSSR count). The lowest BCUT2D eigenvalue weighted by Crippen LogP contribution is -2.30. The number of benzene rings is 1. The highest BCUT2D eigenvalue weighted by atomic mass is 32.2. The molecule has 2 aromatic rings. The highest BCUT2D eigenvalue weighted by molar-refractivity contribution is 7.92. The largest absolute Gasteiger partial charge is 0.350 e. The number of hydrogen-bond donors (Lipinski definition) is 1. The van der Waals surface area contributed by atoms with Gasteiger partial charge in [0.2, 0.25) is 0 Å². The Balaban J connectivity index is 2.11. The van der Waals surface area contributed by atoms with E-state index >= 15 is 0 Å². The maximum atomic E-state index is 13.3. The number of aromatic nitrogens is 1. The second-order valence-electron chi connectivity index (χ2n) is 7.36. The molecule has 0 unspecified atom stereocenters. The van der Waals surface area contributed by atoms with E-state index in [9.17, 15) is 13.2 Å². The van der Waals surface area contributed by atoms with Crippen molar-refractivity contribution in [1.82, 2.24) is 9.47 Å². The average Bonchev–Trinajstić information content (AvgIpc) is 3.21. The van der Waals surface area contributed by atoms with E-state index in [1.807, 2.05) is 26.0 Å². The van der Waals surface area contributed by atoms with Crippen LogP contribution in [-0.2, 0) is 17.1 Å². The van der Waals surface area contributed by atoms with Crippen LogP contribution in [0.2, 0.25) is 0 Å². The van der Waals surface area contributed by atoms with Gasteiger partial charge in [-0.15, -0.1) is 0 Å². The average molecular weight is 390 g/mol. The highest BCUT2D eigenvalue weighted by Crippen LogP contribution is 2.31. The first kappa shape index (κ1) is 19.5. The molecule has 1 aromatic carbocycles. The Morgan fingerprint density at radius 3 is 2.30 bits per heavy atom. The molecule has 1 amide bonds. The third kappa shape index (κ3) is 3.48. The Morgan fingerprint density at radius 2 is 1.67 bits per heavy atom. The molecule has 1 aromatic heterocycles. The second kappa shape index (κ2) is 7.03. The molecule has 27 heavy (non-hydrogen) atoms. The lowest BCUT2D eigenvalue weighted by Gasteiger charge is -2.17. The quantitative estimate of drug-likeness (QED) is 0.872. The fraction of sp³-hybridized carbons (Fsp3) is 0.450. The van der Waals surface area contributed by atoms with Crippen molar-refractivity contribution in [3.63, 3.8) is 0 Å². The smallest absolute Gasteiger partial charge is 0.264 e. The number of carbonyl (C=O) groups excluding carboxylic acids is 1. The SMILES string of the molecule is Cc1ccc(C)c(NS(=O)(=O)c2c(C(=O)N3CCCC3)c(C)n(C)c2C)c1. The zero-order valence-electron chi connectivity index (χ0n) is 16.6. The van der Waals surface area contributed by atoms with Crippen molar-refractivity contribution in [2.45, 2.75) is 45.4 Å². The molecule has 1 aliphatic rings. The van der Waals surface area contributed by atoms with Gasteiger partial charge < -0.3 is 9.47 Å². The predicted octanol–water partition coefficient (Wildman–Crippen LogP) is 3.30. The van der Waals surface area contributed by atoms with Crippen LogP contribution in [0, 0.1) is 27.7 Å². The van der Waals surface area contributed by atoms with E-state index in [2.05, 4.69) is 4.72 Å². The maximum absolute atomic E-state index is 13.3. The first-order valence-corrected chi connectivity index (χ1v) is 10.7. The summed E-state index contributed by atoms with van der Waals surface area (Å²) < 4.78 is 31.1. The van der Waals surface area contributed by atoms with Crippen LogP contribution in [0.5, 0.6) is 0 Å². The summed E-state index contributed by atoms with van der Waals surface area (Å²) in [5.74, 6) is -0.199. The van der Waals surface area contributed by atoms with Gasteiger partial charge in [-0.25, -0.2) is 8.42 Å². The lowest BCUT2D eigenvalue weighted by atomic mass is 10.1. The van der Waals surface area contributed by atoms with Crippen molar-refractivity contribution in [2.75, 3.05) is 17.8 Å². The van der Waals surface area contributed by atoms with Gasteiger partial charge in [-0.2, -0.15) is 0 Å². The van der Waals surface area contributed by atoms with E-state index in [1.165, 1.54) is 0 Å². The first-order valence-electron chi connectivity index (χ1n) is 9.18. The van der Waals surface area contributed by atoms with E-state index in [-0.39, 0.29) is 16.4 Å². The maximum Gasteiger partial charge on any atom is 0.264 e. The molecule has 1 N–H and O–H groups in total. The number of aryl methyl sites for hydroxylation is 2. The Labute approximate surface area is 161 Å². The van der Waals surface area contributed by atoms with E-state index < -0.39 is 10.0 Å². The third-order valence-corrected chi connectivity index (χ3v) is 6.96. The highest BCUT2D eigenvalue weighted by Gasteiger charge is 2.33. The molecule has 6 nitrogen and oxygen atoms in total. The number of anilines is 1. The predicted molar refractivity (Wildman–Crippen MR) is 107 cm³/mol. The minimum absolute atomic E-state index is 0.0836. The first-order chi connectivity index (χ1) is 12.6. The molecule has 1 aliphatic heterocycles. The molecule has 2 heterocycles. The molecule has 146 valence electrons. The van der Waals surface area contributed by atoms with Crippen LogP contribution in [0.3, 0.4) is 0 Å². The molecule has 1 saturated heterocycles. The lowest BCUT2D eigenvalue weighted by molar-refractivity contribution is 0.0788. The summed E-state index contributed by atoms with van der Waals surface area (Å²) >= 11 is 0. The van der Waals surface area contributed by atoms with Crippen molar-refractivity contribution in [3.05, 3.63) is 46.3 Å². The molecule has 0 spiro atoms. The van der Waals surface area contributed by atoms with Crippen LogP contribution in [0.1, 0.15) is 45.7 Å². The molecule has 0 radical (unpaired) electrons. The number of carbonyl (C=O) groups is 1. The molecule has 1 fully saturated rings. The number of likely N-dealkylation sites (tertiary alicyclic amines) is 1. The van der Waals surface area contributed by atoms with Gasteiger partial charge in [-0.05, 0) is 57.7 Å². The second-order valence-corrected chi connectivity index (χ2v) is 8.98. The molecule has 7 heteroatoms. The van der Waals surface area contributed by atoms with Gasteiger partial charge in [0.1, 0.15) is 4.90 Å². The summed E-state index contributed by atoms with van der Waals surface area (Å²) in [5, 5.41) is 0. The zero-order chi connectivity index (χ0) is 19.9. The van der Waals surface area contributed by atoms with Crippen molar-refractivity contribution < 1.29 is 13.2 Å². The Morgan fingerprint density at radius 1 is 1.04 bits per heavy atom. The normalized spacial score (nSPS) is 14.6. The molecule has 0 saturated carbocycles. The van der Waals surface area contributed by atoms with E-state index in [0.717, 1.165) is 24.0 Å². The van der Waals surface area contributed by atoms with Crippen molar-refractivity contribution in [1.29, 1.82) is 0 Å². The van der Waals surface area contributed by atoms with E-state index in [0.29, 0.717) is 30.2 Å². The Hall–Kier alpha value is -2.28. The summed E-state index contributed by atoms with van der Waals surface area (Å²) in [6.45, 7) is 8.67. The van der Waals surface area contributed by atoms with Gasteiger partial charge in [-0.1, -0.05) is 12.1 Å². The molecular formula is C20H27N3O3S. The molecule has 0 aliphatic carbocycles. The number of nitrogens with zero attached hydrogens (tertiary/aromatic N) is 2. The fourth-order valence-corrected chi connectivity index (χ4v) is 5.26. The number of rotatable bonds is 4. The van der Waals surface area contributed by atoms with Crippen LogP contribution >= 0.6 is 0 Å². The standard InChI is InChI=1S/C20H27N3O3S/c1-13-8-9-14(2)17(12-13)21-27(25,26)19-16(4)22(5)15(3)18(19)20(24)23-10-6-7-11-23/h8-9,12,21H,6-7,10-11H2,1-5H3. The van der Waals surface area contributed by atoms with Crippen LogP contribution < -0.4 is 4.72 Å². The summed E-state index contributed by atoms with van der Waals surface area (Å²) in [4.78, 5) is 14.9. The third-order valence-electron chi connectivity index (χ3n) is 5.44. The number of sulfonamides is 1. The number of nitrogens with one attached hydrogen (secondary N) is 1. The van der Waals surface area contributed by atoms with Gasteiger partial charge in [0.25, 0.3) is 15.9 Å². The topological polar surface area (TPSA) is 71.4 Å². The minimum Gasteiger partial charge on any atom is -0.350 e. The minimum atomic E-state index is -3.91. The zero-order valence-corrected chi connectivity index (χ0v) is 17.4. The Kier molecular flexibility index (Phi) is 5.08. The molecule has 0 bridgehead atoms. The summed E-state index contributed by atoms with van der Waals surface area (Å²) in [6, 6.07) is 5.62. The number of amides is 1. The number of hydrogen-bond acceptors (Lipinski definition) is 3. The molecular weight excluding hydrogens is 362 g/mol. The van der Waals surface area contributed by atoms with Gasteiger partial charge in [0.05, 0.1) is 11.3 Å². The fourth-order valence-electron chi connectivity index (χ4n) is 3.62. The van der Waals surface area contributed by atoms with Crippen LogP contribution in [0.4, 0.5) is 5.69 Å². The van der Waals surface area contributed by atoms with E-state index in [1.54, 1.807) is 36.4 Å². The summed E-state index contributed by atoms with van der Waals surface area (Å²) in [6.07, 6.45) is 1.92. The van der Waals surface area contributed by atoms with E-state index in [4.69, 9.17) is 0 Å². The van der Waals surface area contributed by atoms with Gasteiger partial charge in [0.15, 0.2) is 0 Å². The van der Waals surface area contributed by atoms with Crippen LogP contribution in [-0.4, -0.2) is 36.9 Å². The van der Waals surface area contributed by atoms with Gasteiger partial charge in [-0.3, -0.25) is 9.52 Å². The molecule has 0 atom stereocenters. The van der Waals surface area contributed by atoms with Gasteiger partial charge in [0, 0.05) is 31.5 Å². The summed E-state index contributed by atoms with van der Waals surface area (Å²) in [5.41, 5.74) is 3.86. The van der Waals surface area contributed by atoms with Crippen molar-refractivity contribution >= 4 is 21.6 Å². The summed E-state index contributed by atoms with van der Waals surface area (Å²) in [7, 11) is -2.11. The van der Waals surface area contributed by atoms with Crippen LogP contribution in [0.15, 0.2) is 23.1 Å². The monoisotopic (exact) mass is 389 g/mol. The van der Waals surface area contributed by atoms with Crippen molar-refractivity contribution in [2.24, 2.45) is 7.05 Å².